The number of hydrogen-bond donors (Lipinski definition) is 4. The van der Waals surface area contributed by atoms with Crippen LogP contribution in [-0.2, 0) is 6.42 Å². The van der Waals surface area contributed by atoms with Crippen molar-refractivity contribution in [2.45, 2.75) is 27.2 Å². The van der Waals surface area contributed by atoms with E-state index in [0.29, 0.717) is 11.5 Å². The van der Waals surface area contributed by atoms with Gasteiger partial charge in [-0.05, 0) is 61.7 Å². The predicted octanol–water partition coefficient (Wildman–Crippen LogP) is 4.93. The average Bonchev–Trinajstić information content (AvgIpc) is 3.11. The van der Waals surface area contributed by atoms with Crippen molar-refractivity contribution >= 4 is 21.8 Å². The number of benzene rings is 2. The molecule has 0 atom stereocenters. The maximum atomic E-state index is 9.55. The second-order valence-electron chi connectivity index (χ2n) is 6.06. The van der Waals surface area contributed by atoms with Crippen molar-refractivity contribution in [2.24, 2.45) is 0 Å². The predicted molar refractivity (Wildman–Crippen MR) is 98.8 cm³/mol. The molecule has 0 spiro atoms. The fourth-order valence-electron chi connectivity index (χ4n) is 3.01. The second-order valence-corrected chi connectivity index (χ2v) is 6.06. The molecule has 0 aliphatic rings. The number of hydrogen-bond acceptors (Lipinski definition) is 2. The topological polar surface area (TPSA) is 72.0 Å². The number of aromatic nitrogens is 2. The summed E-state index contributed by atoms with van der Waals surface area (Å²) in [6.45, 7) is 6.03. The minimum Gasteiger partial charge on any atom is -0.507 e. The van der Waals surface area contributed by atoms with E-state index < -0.39 is 0 Å². The molecular weight excluding hydrogens is 300 g/mol. The fourth-order valence-corrected chi connectivity index (χ4v) is 3.01. The Kier molecular flexibility index (Phi) is 4.21. The van der Waals surface area contributed by atoms with E-state index in [9.17, 15) is 10.2 Å². The molecule has 0 aliphatic heterocycles. The molecule has 0 radical (unpaired) electrons. The lowest BCUT2D eigenvalue weighted by atomic mass is 10.1. The van der Waals surface area contributed by atoms with Crippen LogP contribution in [0.3, 0.4) is 0 Å². The monoisotopic (exact) mass is 322 g/mol. The van der Waals surface area contributed by atoms with E-state index in [0.717, 1.165) is 39.5 Å². The van der Waals surface area contributed by atoms with Crippen LogP contribution in [0.25, 0.3) is 21.8 Å². The van der Waals surface area contributed by atoms with Crippen LogP contribution in [0.2, 0.25) is 0 Å². The van der Waals surface area contributed by atoms with Crippen LogP contribution in [0.4, 0.5) is 0 Å². The Hall–Kier alpha value is -2.88. The van der Waals surface area contributed by atoms with Gasteiger partial charge in [-0.3, -0.25) is 0 Å². The van der Waals surface area contributed by atoms with Gasteiger partial charge >= 0.3 is 0 Å². The van der Waals surface area contributed by atoms with E-state index in [1.807, 2.05) is 44.3 Å². The molecule has 4 rings (SSSR count). The highest BCUT2D eigenvalue weighted by Crippen LogP contribution is 2.28. The Bertz CT molecular complexity index is 996. The van der Waals surface area contributed by atoms with Crippen molar-refractivity contribution in [2.75, 3.05) is 0 Å². The van der Waals surface area contributed by atoms with Crippen LogP contribution in [0.1, 0.15) is 23.7 Å². The number of phenols is 2. The van der Waals surface area contributed by atoms with E-state index in [-0.39, 0.29) is 0 Å². The SMILES string of the molecule is CCc1c[nH]c2cccc(O)c12.Cc1cc(O)c2cc(C)[nH]c2c1. The maximum absolute atomic E-state index is 9.55. The third-order valence-electron chi connectivity index (χ3n) is 4.14. The summed E-state index contributed by atoms with van der Waals surface area (Å²) in [5.74, 6) is 0.722. The molecule has 0 bridgehead atoms. The van der Waals surface area contributed by atoms with Crippen molar-refractivity contribution < 1.29 is 10.2 Å². The van der Waals surface area contributed by atoms with Crippen LogP contribution in [0, 0.1) is 13.8 Å². The first kappa shape index (κ1) is 16.0. The highest BCUT2D eigenvalue weighted by Gasteiger charge is 2.05. The van der Waals surface area contributed by atoms with Crippen molar-refractivity contribution in [3.8, 4) is 11.5 Å². The van der Waals surface area contributed by atoms with E-state index in [1.54, 1.807) is 12.1 Å². The molecule has 4 N–H and O–H groups in total. The van der Waals surface area contributed by atoms with Crippen molar-refractivity contribution in [1.29, 1.82) is 0 Å². The van der Waals surface area contributed by atoms with Gasteiger partial charge in [-0.2, -0.15) is 0 Å². The zero-order chi connectivity index (χ0) is 17.3. The van der Waals surface area contributed by atoms with E-state index in [2.05, 4.69) is 16.9 Å². The van der Waals surface area contributed by atoms with E-state index >= 15 is 0 Å². The van der Waals surface area contributed by atoms with Gasteiger partial charge in [-0.15, -0.1) is 0 Å². The number of nitrogens with one attached hydrogen (secondary N) is 2. The van der Waals surface area contributed by atoms with Crippen molar-refractivity contribution in [3.63, 3.8) is 0 Å². The summed E-state index contributed by atoms with van der Waals surface area (Å²) in [5.41, 5.74) is 5.33. The van der Waals surface area contributed by atoms with Crippen molar-refractivity contribution in [3.05, 3.63) is 59.4 Å². The standard InChI is InChI=1S/2C10H11NO/c1-6-3-9-8(10(12)4-6)5-7(2)11-9;1-2-7-6-11-8-4-3-5-9(12)10(7)8/h3-5,11-12H,1-2H3;3-6,11-12H,2H2,1H3. The zero-order valence-electron chi connectivity index (χ0n) is 14.1. The number of H-pyrrole nitrogens is 2. The second kappa shape index (κ2) is 6.32. The minimum absolute atomic E-state index is 0.356. The van der Waals surface area contributed by atoms with Crippen LogP contribution < -0.4 is 0 Å². The van der Waals surface area contributed by atoms with E-state index in [1.165, 1.54) is 5.56 Å². The van der Waals surface area contributed by atoms with Crippen LogP contribution in [0.5, 0.6) is 11.5 Å². The Balaban J connectivity index is 0.000000141. The molecule has 0 saturated heterocycles. The lowest BCUT2D eigenvalue weighted by molar-refractivity contribution is 0.481. The first-order chi connectivity index (χ1) is 11.5. The molecule has 0 fully saturated rings. The van der Waals surface area contributed by atoms with Gasteiger partial charge in [0.2, 0.25) is 0 Å². The first-order valence-corrected chi connectivity index (χ1v) is 8.06. The van der Waals surface area contributed by atoms with Gasteiger partial charge < -0.3 is 20.2 Å². The Morgan fingerprint density at radius 3 is 2.50 bits per heavy atom. The quantitative estimate of drug-likeness (QED) is 0.401. The molecule has 0 unspecified atom stereocenters. The molecule has 24 heavy (non-hydrogen) atoms. The maximum Gasteiger partial charge on any atom is 0.125 e. The summed E-state index contributed by atoms with van der Waals surface area (Å²) in [6.07, 6.45) is 2.89. The third kappa shape index (κ3) is 2.95. The molecule has 4 nitrogen and oxygen atoms in total. The molecule has 2 heterocycles. The summed E-state index contributed by atoms with van der Waals surface area (Å²) in [4.78, 5) is 6.30. The highest BCUT2D eigenvalue weighted by atomic mass is 16.3. The molecule has 4 heteroatoms. The highest BCUT2D eigenvalue weighted by molar-refractivity contribution is 5.89. The smallest absolute Gasteiger partial charge is 0.125 e. The van der Waals surface area contributed by atoms with Gasteiger partial charge in [-0.1, -0.05) is 13.0 Å². The summed E-state index contributed by atoms with van der Waals surface area (Å²) in [7, 11) is 0. The van der Waals surface area contributed by atoms with Gasteiger partial charge in [0.1, 0.15) is 11.5 Å². The van der Waals surface area contributed by atoms with Gasteiger partial charge in [0, 0.05) is 33.7 Å². The molecule has 2 aromatic heterocycles. The van der Waals surface area contributed by atoms with Gasteiger partial charge in [0.05, 0.1) is 0 Å². The van der Waals surface area contributed by atoms with E-state index in [4.69, 9.17) is 0 Å². The number of fused-ring (bicyclic) bond motifs is 2. The molecule has 0 saturated carbocycles. The molecule has 2 aromatic carbocycles. The summed E-state index contributed by atoms with van der Waals surface area (Å²) >= 11 is 0. The average molecular weight is 322 g/mol. The first-order valence-electron chi connectivity index (χ1n) is 8.06. The normalized spacial score (nSPS) is 10.8. The Morgan fingerprint density at radius 1 is 0.958 bits per heavy atom. The molecule has 4 aromatic rings. The molecule has 0 aliphatic carbocycles. The Labute approximate surface area is 140 Å². The summed E-state index contributed by atoms with van der Waals surface area (Å²) in [6, 6.07) is 11.3. The molecule has 124 valence electrons. The molecule has 0 amide bonds. The van der Waals surface area contributed by atoms with Gasteiger partial charge in [0.15, 0.2) is 0 Å². The summed E-state index contributed by atoms with van der Waals surface area (Å²) in [5, 5.41) is 21.0. The largest absolute Gasteiger partial charge is 0.507 e. The fraction of sp³-hybridized carbons (Fsp3) is 0.200. The lowest BCUT2D eigenvalue weighted by Crippen LogP contribution is -1.75. The van der Waals surface area contributed by atoms with Gasteiger partial charge in [-0.25, -0.2) is 0 Å². The summed E-state index contributed by atoms with van der Waals surface area (Å²) < 4.78 is 0. The van der Waals surface area contributed by atoms with Crippen LogP contribution in [-0.4, -0.2) is 20.2 Å². The van der Waals surface area contributed by atoms with Crippen LogP contribution in [0.15, 0.2) is 42.6 Å². The number of rotatable bonds is 1. The van der Waals surface area contributed by atoms with Gasteiger partial charge in [0.25, 0.3) is 0 Å². The number of aromatic hydroxyl groups is 2. The number of aryl methyl sites for hydroxylation is 3. The van der Waals surface area contributed by atoms with Crippen molar-refractivity contribution in [1.82, 2.24) is 9.97 Å². The zero-order valence-corrected chi connectivity index (χ0v) is 14.1. The number of phenolic OH excluding ortho intramolecular Hbond substituents is 2. The third-order valence-corrected chi connectivity index (χ3v) is 4.14. The Morgan fingerprint density at radius 2 is 1.75 bits per heavy atom. The van der Waals surface area contributed by atoms with Crippen LogP contribution >= 0.6 is 0 Å². The molecular formula is C20H22N2O2. The lowest BCUT2D eigenvalue weighted by Gasteiger charge is -1.96. The number of aromatic amines is 2. The minimum atomic E-state index is 0.356.